The number of benzene rings is 1. The molecule has 0 radical (unpaired) electrons. The van der Waals surface area contributed by atoms with Gasteiger partial charge in [-0.2, -0.15) is 0 Å². The highest BCUT2D eigenvalue weighted by atomic mass is 16.5. The molecule has 0 spiro atoms. The molecular weight excluding hydrogens is 306 g/mol. The molecule has 132 valence electrons. The fourth-order valence-corrected chi connectivity index (χ4v) is 2.49. The van der Waals surface area contributed by atoms with Gasteiger partial charge in [0.05, 0.1) is 7.11 Å². The first-order valence-corrected chi connectivity index (χ1v) is 8.22. The first-order chi connectivity index (χ1) is 11.2. The van der Waals surface area contributed by atoms with Crippen molar-refractivity contribution >= 4 is 17.7 Å². The maximum absolute atomic E-state index is 12.3. The highest BCUT2D eigenvalue weighted by molar-refractivity contribution is 5.99. The number of hydrogen-bond donors (Lipinski definition) is 1. The third kappa shape index (κ3) is 6.14. The summed E-state index contributed by atoms with van der Waals surface area (Å²) in [6, 6.07) is 5.02. The number of ketones is 1. The summed E-state index contributed by atoms with van der Waals surface area (Å²) < 4.78 is 4.72. The van der Waals surface area contributed by atoms with Gasteiger partial charge in [0.25, 0.3) is 0 Å². The van der Waals surface area contributed by atoms with E-state index in [9.17, 15) is 14.4 Å². The Hall–Kier alpha value is -2.17. The van der Waals surface area contributed by atoms with Crippen molar-refractivity contribution in [3.63, 3.8) is 0 Å². The molecular formula is C19H27NO4. The molecule has 0 saturated heterocycles. The second-order valence-corrected chi connectivity index (χ2v) is 6.51. The van der Waals surface area contributed by atoms with Crippen LogP contribution in [0.5, 0.6) is 0 Å². The average molecular weight is 333 g/mol. The van der Waals surface area contributed by atoms with Crippen molar-refractivity contribution in [2.24, 2.45) is 5.92 Å². The van der Waals surface area contributed by atoms with Crippen LogP contribution in [-0.4, -0.2) is 30.8 Å². The first kappa shape index (κ1) is 19.9. The lowest BCUT2D eigenvalue weighted by atomic mass is 9.99. The van der Waals surface area contributed by atoms with Gasteiger partial charge in [-0.1, -0.05) is 31.5 Å². The lowest BCUT2D eigenvalue weighted by Gasteiger charge is -2.18. The third-order valence-corrected chi connectivity index (χ3v) is 3.80. The second kappa shape index (κ2) is 9.21. The number of rotatable bonds is 8. The summed E-state index contributed by atoms with van der Waals surface area (Å²) in [6.07, 6.45) is 0.673. The van der Waals surface area contributed by atoms with Crippen LogP contribution in [0.1, 0.15) is 54.6 Å². The number of methoxy groups -OCH3 is 1. The minimum atomic E-state index is -0.668. The van der Waals surface area contributed by atoms with Crippen LogP contribution in [0.25, 0.3) is 0 Å². The molecule has 1 atom stereocenters. The predicted octanol–water partition coefficient (Wildman–Crippen LogP) is 2.97. The minimum absolute atomic E-state index is 0.0534. The molecule has 0 aliphatic rings. The number of aryl methyl sites for hydroxylation is 2. The molecule has 0 aromatic heterocycles. The van der Waals surface area contributed by atoms with Crippen LogP contribution in [-0.2, 0) is 14.3 Å². The van der Waals surface area contributed by atoms with E-state index < -0.39 is 12.0 Å². The van der Waals surface area contributed by atoms with E-state index in [1.807, 2.05) is 45.9 Å². The van der Waals surface area contributed by atoms with Gasteiger partial charge in [-0.05, 0) is 37.8 Å². The standard InChI is InChI=1S/C19H27NO4/c1-12(2)10-16(19(23)24-5)20-18(22)9-8-17(21)15-11-13(3)6-7-14(15)4/h6-7,11-12,16H,8-10H2,1-5H3,(H,20,22). The van der Waals surface area contributed by atoms with Crippen molar-refractivity contribution in [2.75, 3.05) is 7.11 Å². The van der Waals surface area contributed by atoms with Gasteiger partial charge in [-0.25, -0.2) is 4.79 Å². The van der Waals surface area contributed by atoms with E-state index in [2.05, 4.69) is 5.32 Å². The number of ether oxygens (including phenoxy) is 1. The van der Waals surface area contributed by atoms with Crippen LogP contribution >= 0.6 is 0 Å². The molecule has 1 rings (SSSR count). The van der Waals surface area contributed by atoms with E-state index in [1.54, 1.807) is 0 Å². The van der Waals surface area contributed by atoms with Gasteiger partial charge in [-0.15, -0.1) is 0 Å². The highest BCUT2D eigenvalue weighted by Crippen LogP contribution is 2.14. The molecule has 0 aliphatic carbocycles. The monoisotopic (exact) mass is 333 g/mol. The number of amides is 1. The number of esters is 1. The zero-order chi connectivity index (χ0) is 18.3. The Morgan fingerprint density at radius 2 is 1.79 bits per heavy atom. The Balaban J connectivity index is 2.62. The lowest BCUT2D eigenvalue weighted by Crippen LogP contribution is -2.42. The Kier molecular flexibility index (Phi) is 7.62. The van der Waals surface area contributed by atoms with E-state index in [0.29, 0.717) is 12.0 Å². The fraction of sp³-hybridized carbons (Fsp3) is 0.526. The number of hydrogen-bond acceptors (Lipinski definition) is 4. The molecule has 1 N–H and O–H groups in total. The molecule has 1 amide bonds. The largest absolute Gasteiger partial charge is 0.467 e. The van der Waals surface area contributed by atoms with E-state index >= 15 is 0 Å². The van der Waals surface area contributed by atoms with Crippen LogP contribution in [0.15, 0.2) is 18.2 Å². The predicted molar refractivity (Wildman–Crippen MR) is 92.9 cm³/mol. The topological polar surface area (TPSA) is 72.5 Å². The summed E-state index contributed by atoms with van der Waals surface area (Å²) in [4.78, 5) is 36.1. The average Bonchev–Trinajstić information content (AvgIpc) is 2.53. The van der Waals surface area contributed by atoms with Gasteiger partial charge >= 0.3 is 5.97 Å². The van der Waals surface area contributed by atoms with Crippen molar-refractivity contribution in [1.82, 2.24) is 5.32 Å². The van der Waals surface area contributed by atoms with Crippen LogP contribution in [0, 0.1) is 19.8 Å². The lowest BCUT2D eigenvalue weighted by molar-refractivity contribution is -0.145. The van der Waals surface area contributed by atoms with Crippen molar-refractivity contribution in [1.29, 1.82) is 0 Å². The first-order valence-electron chi connectivity index (χ1n) is 8.22. The summed E-state index contributed by atoms with van der Waals surface area (Å²) in [5.41, 5.74) is 2.56. The van der Waals surface area contributed by atoms with Crippen LogP contribution in [0.4, 0.5) is 0 Å². The van der Waals surface area contributed by atoms with Gasteiger partial charge in [0, 0.05) is 18.4 Å². The molecule has 5 heteroatoms. The fourth-order valence-electron chi connectivity index (χ4n) is 2.49. The van der Waals surface area contributed by atoms with Crippen molar-refractivity contribution in [2.45, 2.75) is 53.0 Å². The van der Waals surface area contributed by atoms with Gasteiger partial charge < -0.3 is 10.1 Å². The molecule has 1 aromatic rings. The third-order valence-electron chi connectivity index (χ3n) is 3.80. The SMILES string of the molecule is COC(=O)C(CC(C)C)NC(=O)CCC(=O)c1cc(C)ccc1C. The molecule has 0 saturated carbocycles. The minimum Gasteiger partial charge on any atom is -0.467 e. The summed E-state index contributed by atoms with van der Waals surface area (Å²) >= 11 is 0. The van der Waals surface area contributed by atoms with Crippen LogP contribution in [0.2, 0.25) is 0 Å². The van der Waals surface area contributed by atoms with Gasteiger partial charge in [0.2, 0.25) is 5.91 Å². The van der Waals surface area contributed by atoms with Crippen molar-refractivity contribution in [3.05, 3.63) is 34.9 Å². The molecule has 1 aromatic carbocycles. The normalized spacial score (nSPS) is 11.9. The van der Waals surface area contributed by atoms with Crippen LogP contribution < -0.4 is 5.32 Å². The van der Waals surface area contributed by atoms with Gasteiger partial charge in [-0.3, -0.25) is 9.59 Å². The summed E-state index contributed by atoms with van der Waals surface area (Å²) in [6.45, 7) is 7.73. The molecule has 24 heavy (non-hydrogen) atoms. The Labute approximate surface area is 143 Å². The van der Waals surface area contributed by atoms with Crippen LogP contribution in [0.3, 0.4) is 0 Å². The zero-order valence-corrected chi connectivity index (χ0v) is 15.1. The van der Waals surface area contributed by atoms with Gasteiger partial charge in [0.15, 0.2) is 5.78 Å². The maximum Gasteiger partial charge on any atom is 0.328 e. The Morgan fingerprint density at radius 1 is 1.12 bits per heavy atom. The number of nitrogens with one attached hydrogen (secondary N) is 1. The van der Waals surface area contributed by atoms with Crippen molar-refractivity contribution < 1.29 is 19.1 Å². The molecule has 5 nitrogen and oxygen atoms in total. The summed E-state index contributed by atoms with van der Waals surface area (Å²) in [5.74, 6) is -0.599. The number of carbonyl (C=O) groups is 3. The smallest absolute Gasteiger partial charge is 0.328 e. The summed E-state index contributed by atoms with van der Waals surface area (Å²) in [7, 11) is 1.30. The van der Waals surface area contributed by atoms with E-state index in [-0.39, 0.29) is 30.4 Å². The Morgan fingerprint density at radius 3 is 2.38 bits per heavy atom. The number of carbonyl (C=O) groups excluding carboxylic acids is 3. The highest BCUT2D eigenvalue weighted by Gasteiger charge is 2.23. The second-order valence-electron chi connectivity index (χ2n) is 6.51. The quantitative estimate of drug-likeness (QED) is 0.586. The molecule has 0 fully saturated rings. The molecule has 0 aliphatic heterocycles. The molecule has 0 heterocycles. The van der Waals surface area contributed by atoms with E-state index in [1.165, 1.54) is 7.11 Å². The molecule has 1 unspecified atom stereocenters. The summed E-state index contributed by atoms with van der Waals surface area (Å²) in [5, 5.41) is 2.67. The van der Waals surface area contributed by atoms with Gasteiger partial charge in [0.1, 0.15) is 6.04 Å². The van der Waals surface area contributed by atoms with Crippen molar-refractivity contribution in [3.8, 4) is 0 Å². The van der Waals surface area contributed by atoms with E-state index in [0.717, 1.165) is 11.1 Å². The Bertz CT molecular complexity index is 607. The van der Waals surface area contributed by atoms with E-state index in [4.69, 9.17) is 4.74 Å². The number of Topliss-reactive ketones (excluding diaryl/α,β-unsaturated/α-hetero) is 1. The maximum atomic E-state index is 12.3. The zero-order valence-electron chi connectivity index (χ0n) is 15.1. The molecule has 0 bridgehead atoms.